The zero-order chi connectivity index (χ0) is 52.3. The molecule has 0 atom stereocenters. The minimum atomic E-state index is 0.224. The summed E-state index contributed by atoms with van der Waals surface area (Å²) < 4.78 is 0. The predicted molar refractivity (Wildman–Crippen MR) is 292 cm³/mol. The molecule has 8 aromatic carbocycles. The molecule has 0 amide bonds. The Morgan fingerprint density at radius 2 is 0.542 bits per heavy atom. The number of phenolic OH excluding ortho intramolecular Hbond substituents is 7. The van der Waals surface area contributed by atoms with E-state index in [1.165, 1.54) is 22.3 Å². The van der Waals surface area contributed by atoms with E-state index in [1.807, 2.05) is 104 Å². The third-order valence-corrected chi connectivity index (χ3v) is 14.7. The fourth-order valence-corrected chi connectivity index (χ4v) is 10.0. The van der Waals surface area contributed by atoms with Crippen LogP contribution in [-0.2, 0) is 38.5 Å². The van der Waals surface area contributed by atoms with Crippen LogP contribution in [0.1, 0.15) is 128 Å². The van der Waals surface area contributed by atoms with Crippen molar-refractivity contribution < 1.29 is 35.7 Å². The minimum Gasteiger partial charge on any atom is -0.508 e. The Balaban J connectivity index is 0.000000212. The van der Waals surface area contributed by atoms with Crippen LogP contribution >= 0.6 is 0 Å². The largest absolute Gasteiger partial charge is 0.508 e. The number of rotatable bonds is 12. The number of hydrogen-bond donors (Lipinski definition) is 7. The maximum Gasteiger partial charge on any atom is 0.122 e. The van der Waals surface area contributed by atoms with Gasteiger partial charge in [0.25, 0.3) is 0 Å². The van der Waals surface area contributed by atoms with E-state index in [0.29, 0.717) is 43.6 Å². The molecular formula is C65H70O7. The molecule has 72 heavy (non-hydrogen) atoms. The van der Waals surface area contributed by atoms with Gasteiger partial charge in [-0.3, -0.25) is 0 Å². The Labute approximate surface area is 426 Å². The maximum absolute atomic E-state index is 10.9. The molecule has 0 saturated heterocycles. The smallest absolute Gasteiger partial charge is 0.122 e. The molecule has 0 aliphatic heterocycles. The standard InChI is InChI=1S/C33H36O4.C32H34O3/c1-18-7-9-30(34)26(11-18)16-28-22(5)24(13-20(3)32(28)36)15-25-14-21(4)33(37)29(23(25)6)17-27-12-19(2)8-10-31(27)35;1-19-6-8-24(9-7-19)16-29-22(4)26(14-20(2)31(29)34)18-27-15-21(3)32(35)30(23(27)5)17-25-10-12-28(33)13-11-25/h7-14,34-37H,15-17H2,1-6H3;6-15,33-35H,16-18H2,1-5H3. The second-order valence-electron chi connectivity index (χ2n) is 20.2. The van der Waals surface area contributed by atoms with Gasteiger partial charge >= 0.3 is 0 Å². The summed E-state index contributed by atoms with van der Waals surface area (Å²) in [6.07, 6.45) is 3.52. The Hall–Kier alpha value is -7.64. The van der Waals surface area contributed by atoms with E-state index in [9.17, 15) is 35.7 Å². The summed E-state index contributed by atoms with van der Waals surface area (Å²) in [6.45, 7) is 22.0. The highest BCUT2D eigenvalue weighted by Gasteiger charge is 2.21. The van der Waals surface area contributed by atoms with Gasteiger partial charge in [-0.15, -0.1) is 0 Å². The zero-order valence-electron chi connectivity index (χ0n) is 43.8. The second-order valence-corrected chi connectivity index (χ2v) is 20.2. The van der Waals surface area contributed by atoms with Gasteiger partial charge in [0, 0.05) is 47.9 Å². The van der Waals surface area contributed by atoms with Crippen molar-refractivity contribution in [3.8, 4) is 40.2 Å². The molecule has 0 unspecified atom stereocenters. The van der Waals surface area contributed by atoms with E-state index in [0.717, 1.165) is 112 Å². The Morgan fingerprint density at radius 1 is 0.264 bits per heavy atom. The molecule has 0 spiro atoms. The van der Waals surface area contributed by atoms with Crippen LogP contribution < -0.4 is 0 Å². The van der Waals surface area contributed by atoms with Gasteiger partial charge in [0.2, 0.25) is 0 Å². The average Bonchev–Trinajstić information content (AvgIpc) is 3.34. The van der Waals surface area contributed by atoms with Crippen molar-refractivity contribution in [2.75, 3.05) is 0 Å². The maximum atomic E-state index is 10.9. The summed E-state index contributed by atoms with van der Waals surface area (Å²) >= 11 is 0. The fraction of sp³-hybridized carbons (Fsp3) is 0.262. The molecule has 372 valence electrons. The molecule has 0 bridgehead atoms. The van der Waals surface area contributed by atoms with Crippen LogP contribution in [0.4, 0.5) is 0 Å². The number of aromatic hydroxyl groups is 7. The van der Waals surface area contributed by atoms with Gasteiger partial charge in [0.15, 0.2) is 0 Å². The van der Waals surface area contributed by atoms with E-state index in [2.05, 4.69) is 57.2 Å². The van der Waals surface area contributed by atoms with Crippen LogP contribution in [0.3, 0.4) is 0 Å². The van der Waals surface area contributed by atoms with E-state index < -0.39 is 0 Å². The minimum absolute atomic E-state index is 0.224. The Kier molecular flexibility index (Phi) is 15.8. The molecule has 8 rings (SSSR count). The highest BCUT2D eigenvalue weighted by atomic mass is 16.3. The Bertz CT molecular complexity index is 3090. The third kappa shape index (κ3) is 11.6. The topological polar surface area (TPSA) is 142 Å². The Morgan fingerprint density at radius 3 is 0.861 bits per heavy atom. The van der Waals surface area contributed by atoms with Crippen molar-refractivity contribution >= 4 is 0 Å². The van der Waals surface area contributed by atoms with Gasteiger partial charge in [-0.25, -0.2) is 0 Å². The van der Waals surface area contributed by atoms with Crippen molar-refractivity contribution in [3.05, 3.63) is 237 Å². The SMILES string of the molecule is Cc1ccc(Cc2c(C)c(Cc3cc(C)c(O)c(Cc4ccc(O)cc4)c3C)cc(C)c2O)cc1.Cc1ccc(O)c(Cc2c(C)c(Cc3cc(C)c(O)c(Cc4cc(C)ccc4O)c3C)cc(C)c2O)c1. The number of hydrogen-bond acceptors (Lipinski definition) is 7. The molecule has 7 N–H and O–H groups in total. The number of benzene rings is 8. The monoisotopic (exact) mass is 963 g/mol. The highest BCUT2D eigenvalue weighted by Crippen LogP contribution is 2.39. The van der Waals surface area contributed by atoms with Crippen molar-refractivity contribution in [3.63, 3.8) is 0 Å². The molecule has 0 heterocycles. The van der Waals surface area contributed by atoms with Crippen LogP contribution in [0.25, 0.3) is 0 Å². The molecule has 0 aromatic heterocycles. The van der Waals surface area contributed by atoms with Crippen molar-refractivity contribution in [2.24, 2.45) is 0 Å². The third-order valence-electron chi connectivity index (χ3n) is 14.7. The summed E-state index contributed by atoms with van der Waals surface area (Å²) in [5, 5.41) is 74.1. The molecule has 0 aliphatic rings. The average molecular weight is 963 g/mol. The van der Waals surface area contributed by atoms with Gasteiger partial charge in [0.1, 0.15) is 40.2 Å². The summed E-state index contributed by atoms with van der Waals surface area (Å²) in [5.41, 5.74) is 22.7. The van der Waals surface area contributed by atoms with Gasteiger partial charge in [0.05, 0.1) is 0 Å². The lowest BCUT2D eigenvalue weighted by Crippen LogP contribution is -2.05. The summed E-state index contributed by atoms with van der Waals surface area (Å²) in [4.78, 5) is 0. The van der Waals surface area contributed by atoms with E-state index in [4.69, 9.17) is 0 Å². The lowest BCUT2D eigenvalue weighted by molar-refractivity contribution is 0.459. The predicted octanol–water partition coefficient (Wildman–Crippen LogP) is 14.2. The molecule has 0 aliphatic carbocycles. The normalized spacial score (nSPS) is 11.2. The van der Waals surface area contributed by atoms with Crippen LogP contribution in [0, 0.1) is 76.2 Å². The summed E-state index contributed by atoms with van der Waals surface area (Å²) in [5.74, 6) is 1.91. The van der Waals surface area contributed by atoms with E-state index in [1.54, 1.807) is 24.3 Å². The van der Waals surface area contributed by atoms with E-state index in [-0.39, 0.29) is 28.7 Å². The van der Waals surface area contributed by atoms with E-state index >= 15 is 0 Å². The molecular weight excluding hydrogens is 893 g/mol. The summed E-state index contributed by atoms with van der Waals surface area (Å²) in [6, 6.07) is 34.9. The van der Waals surface area contributed by atoms with Gasteiger partial charge < -0.3 is 35.7 Å². The molecule has 0 fully saturated rings. The van der Waals surface area contributed by atoms with Crippen molar-refractivity contribution in [1.82, 2.24) is 0 Å². The first-order valence-electron chi connectivity index (χ1n) is 24.7. The molecule has 7 heteroatoms. The van der Waals surface area contributed by atoms with Gasteiger partial charge in [-0.1, -0.05) is 102 Å². The first kappa shape index (κ1) is 52.2. The number of phenols is 7. The molecule has 0 saturated carbocycles. The van der Waals surface area contributed by atoms with Crippen molar-refractivity contribution in [1.29, 1.82) is 0 Å². The van der Waals surface area contributed by atoms with Gasteiger partial charge in [-0.2, -0.15) is 0 Å². The molecule has 0 radical (unpaired) electrons. The highest BCUT2D eigenvalue weighted by molar-refractivity contribution is 5.58. The lowest BCUT2D eigenvalue weighted by Gasteiger charge is -2.20. The lowest BCUT2D eigenvalue weighted by atomic mass is 9.86. The fourth-order valence-electron chi connectivity index (χ4n) is 10.0. The molecule has 8 aromatic rings. The number of aryl methyl sites for hydroxylation is 7. The first-order chi connectivity index (χ1) is 34.1. The quantitative estimate of drug-likeness (QED) is 0.0646. The summed E-state index contributed by atoms with van der Waals surface area (Å²) in [7, 11) is 0. The van der Waals surface area contributed by atoms with Crippen LogP contribution in [0.15, 0.2) is 109 Å². The van der Waals surface area contributed by atoms with Crippen LogP contribution in [0.2, 0.25) is 0 Å². The van der Waals surface area contributed by atoms with Crippen molar-refractivity contribution in [2.45, 2.75) is 115 Å². The van der Waals surface area contributed by atoms with Crippen LogP contribution in [-0.4, -0.2) is 35.7 Å². The second kappa shape index (κ2) is 21.8. The zero-order valence-corrected chi connectivity index (χ0v) is 43.8. The molecule has 7 nitrogen and oxygen atoms in total. The first-order valence-corrected chi connectivity index (χ1v) is 24.7. The van der Waals surface area contributed by atoms with Gasteiger partial charge in [-0.05, 0) is 202 Å². The van der Waals surface area contributed by atoms with Crippen LogP contribution in [0.5, 0.6) is 40.2 Å².